The van der Waals surface area contributed by atoms with Crippen LogP contribution in [-0.2, 0) is 30.9 Å². The summed E-state index contributed by atoms with van der Waals surface area (Å²) in [6.45, 7) is 8.82. The molecule has 6 atom stereocenters. The largest absolute Gasteiger partial charge is 0.252 e. The normalized spacial score (nSPS) is 32.1. The zero-order chi connectivity index (χ0) is 34.9. The van der Waals surface area contributed by atoms with Gasteiger partial charge in [-0.15, -0.1) is 0 Å². The summed E-state index contributed by atoms with van der Waals surface area (Å²) in [5, 5.41) is 2.17. The SMILES string of the molecule is CC1(C)[C@H]2CC[C@]1(CS(=O)(=O)N[C@@H]1CCCC[C@H]1NS(=O)(=O)C[C@@]13CC[C@@H](c4cc5ccccc5nc41)C3(C)C)c1nc3ccccc3cc12. The van der Waals surface area contributed by atoms with E-state index in [9.17, 15) is 16.8 Å². The molecule has 0 amide bonds. The maximum atomic E-state index is 14.3. The molecule has 0 saturated heterocycles. The first-order valence-corrected chi connectivity index (χ1v) is 21.8. The number of nitrogens with zero attached hydrogens (tertiary/aromatic N) is 2. The Morgan fingerprint density at radius 1 is 0.620 bits per heavy atom. The minimum atomic E-state index is -3.81. The molecule has 2 N–H and O–H groups in total. The zero-order valence-electron chi connectivity index (χ0n) is 29.5. The molecule has 264 valence electrons. The van der Waals surface area contributed by atoms with E-state index in [2.05, 4.69) is 61.4 Å². The number of aromatic nitrogens is 2. The van der Waals surface area contributed by atoms with Crippen LogP contribution in [0.2, 0.25) is 0 Å². The Morgan fingerprint density at radius 3 is 1.44 bits per heavy atom. The van der Waals surface area contributed by atoms with Crippen molar-refractivity contribution in [2.45, 2.75) is 114 Å². The average molecular weight is 713 g/mol. The molecule has 2 aromatic heterocycles. The molecule has 0 unspecified atom stereocenters. The number of sulfonamides is 2. The van der Waals surface area contributed by atoms with Crippen molar-refractivity contribution >= 4 is 41.9 Å². The molecule has 2 heterocycles. The van der Waals surface area contributed by atoms with Crippen molar-refractivity contribution in [1.29, 1.82) is 0 Å². The molecule has 3 saturated carbocycles. The first kappa shape index (κ1) is 33.0. The van der Waals surface area contributed by atoms with Gasteiger partial charge in [0.25, 0.3) is 0 Å². The lowest BCUT2D eigenvalue weighted by molar-refractivity contribution is 0.227. The monoisotopic (exact) mass is 712 g/mol. The molecule has 5 aliphatic rings. The molecular formula is C40H48N4O4S2. The molecular weight excluding hydrogens is 665 g/mol. The Hall–Kier alpha value is -2.92. The Kier molecular flexibility index (Phi) is 7.12. The number of nitrogens with one attached hydrogen (secondary N) is 2. The fourth-order valence-corrected chi connectivity index (χ4v) is 15.8. The van der Waals surface area contributed by atoms with Crippen molar-refractivity contribution in [2.75, 3.05) is 11.5 Å². The molecule has 0 radical (unpaired) electrons. The summed E-state index contributed by atoms with van der Waals surface area (Å²) in [5.74, 6) is 0.414. The molecule has 9 rings (SSSR count). The highest BCUT2D eigenvalue weighted by atomic mass is 32.2. The fourth-order valence-electron chi connectivity index (χ4n) is 11.6. The van der Waals surface area contributed by atoms with Gasteiger partial charge >= 0.3 is 0 Å². The quantitative estimate of drug-likeness (QED) is 0.204. The molecule has 5 aliphatic carbocycles. The maximum absolute atomic E-state index is 14.3. The van der Waals surface area contributed by atoms with Gasteiger partial charge in [-0.25, -0.2) is 26.3 Å². The van der Waals surface area contributed by atoms with E-state index in [-0.39, 0.29) is 34.2 Å². The van der Waals surface area contributed by atoms with Crippen LogP contribution in [0.1, 0.15) is 113 Å². The average Bonchev–Trinajstić information content (AvgIpc) is 3.59. The standard InChI is InChI=1S/C40H48N4O4S2/c1-37(2)29-17-19-39(37,35-27(29)21-25-11-5-7-13-31(25)41-35)23-49(45,46)43-33-15-9-10-16-34(33)44-50(47,48)24-40-20-18-30(38(40,3)4)28-22-26-12-6-8-14-32(26)42-36(28)40/h5-8,11-14,21-22,29-30,33-34,43-44H,9-10,15-20,23-24H2,1-4H3/t29-,30-,33+,34+,39-,40-/m0/s1. The van der Waals surface area contributed by atoms with Crippen LogP contribution >= 0.6 is 0 Å². The molecule has 10 heteroatoms. The van der Waals surface area contributed by atoms with Crippen molar-refractivity contribution in [3.63, 3.8) is 0 Å². The number of rotatable bonds is 8. The van der Waals surface area contributed by atoms with Crippen LogP contribution in [0.15, 0.2) is 60.7 Å². The van der Waals surface area contributed by atoms with Crippen molar-refractivity contribution in [3.8, 4) is 0 Å². The summed E-state index contributed by atoms with van der Waals surface area (Å²) in [7, 11) is -7.62. The Balaban J connectivity index is 0.983. The minimum absolute atomic E-state index is 0.0487. The van der Waals surface area contributed by atoms with Crippen molar-refractivity contribution < 1.29 is 16.8 Å². The molecule has 0 aliphatic heterocycles. The van der Waals surface area contributed by atoms with E-state index in [1.54, 1.807) is 0 Å². The van der Waals surface area contributed by atoms with Gasteiger partial charge in [-0.3, -0.25) is 9.97 Å². The van der Waals surface area contributed by atoms with E-state index >= 15 is 0 Å². The molecule has 4 bridgehead atoms. The van der Waals surface area contributed by atoms with Crippen LogP contribution < -0.4 is 9.44 Å². The van der Waals surface area contributed by atoms with Crippen molar-refractivity contribution in [3.05, 3.63) is 83.2 Å². The second-order valence-corrected chi connectivity index (χ2v) is 20.8. The molecule has 2 aromatic carbocycles. The second kappa shape index (κ2) is 10.8. The summed E-state index contributed by atoms with van der Waals surface area (Å²) in [5.41, 5.74) is 4.26. The molecule has 50 heavy (non-hydrogen) atoms. The van der Waals surface area contributed by atoms with Gasteiger partial charge in [0.05, 0.1) is 33.9 Å². The molecule has 8 nitrogen and oxygen atoms in total. The Labute approximate surface area is 296 Å². The molecule has 4 aromatic rings. The number of fused-ring (bicyclic) bond motifs is 12. The van der Waals surface area contributed by atoms with Crippen LogP contribution in [-0.4, -0.2) is 50.4 Å². The van der Waals surface area contributed by atoms with Crippen LogP contribution in [0.3, 0.4) is 0 Å². The zero-order valence-corrected chi connectivity index (χ0v) is 31.1. The van der Waals surface area contributed by atoms with Gasteiger partial charge in [0, 0.05) is 33.7 Å². The second-order valence-electron chi connectivity index (χ2n) is 17.3. The van der Waals surface area contributed by atoms with E-state index in [4.69, 9.17) is 9.97 Å². The Morgan fingerprint density at radius 2 is 1.02 bits per heavy atom. The minimum Gasteiger partial charge on any atom is -0.252 e. The number of hydrogen-bond acceptors (Lipinski definition) is 6. The van der Waals surface area contributed by atoms with Crippen molar-refractivity contribution in [2.24, 2.45) is 10.8 Å². The number of hydrogen-bond donors (Lipinski definition) is 2. The molecule has 3 fully saturated rings. The number of para-hydroxylation sites is 2. The predicted molar refractivity (Wildman–Crippen MR) is 198 cm³/mol. The van der Waals surface area contributed by atoms with Crippen LogP contribution in [0, 0.1) is 10.8 Å². The van der Waals surface area contributed by atoms with E-state index in [0.29, 0.717) is 12.8 Å². The Bertz CT molecular complexity index is 2130. The lowest BCUT2D eigenvalue weighted by atomic mass is 9.70. The van der Waals surface area contributed by atoms with Crippen LogP contribution in [0.4, 0.5) is 0 Å². The third kappa shape index (κ3) is 4.59. The first-order valence-electron chi connectivity index (χ1n) is 18.5. The number of benzene rings is 2. The van der Waals surface area contributed by atoms with E-state index in [0.717, 1.165) is 71.7 Å². The topological polar surface area (TPSA) is 118 Å². The van der Waals surface area contributed by atoms with Gasteiger partial charge < -0.3 is 0 Å². The van der Waals surface area contributed by atoms with Crippen LogP contribution in [0.25, 0.3) is 21.8 Å². The summed E-state index contributed by atoms with van der Waals surface area (Å²) in [6.07, 6.45) is 6.32. The first-order chi connectivity index (χ1) is 23.7. The third-order valence-corrected chi connectivity index (χ3v) is 17.5. The highest BCUT2D eigenvalue weighted by Crippen LogP contribution is 2.69. The highest BCUT2D eigenvalue weighted by Gasteiger charge is 2.66. The van der Waals surface area contributed by atoms with Gasteiger partial charge in [-0.05, 0) is 96.6 Å². The lowest BCUT2D eigenvalue weighted by Crippen LogP contribution is -2.56. The van der Waals surface area contributed by atoms with Gasteiger partial charge in [0.2, 0.25) is 20.0 Å². The smallest absolute Gasteiger partial charge is 0.212 e. The van der Waals surface area contributed by atoms with Gasteiger partial charge in [0.1, 0.15) is 0 Å². The molecule has 0 spiro atoms. The highest BCUT2D eigenvalue weighted by molar-refractivity contribution is 7.89. The van der Waals surface area contributed by atoms with Gasteiger partial charge in [0.15, 0.2) is 0 Å². The van der Waals surface area contributed by atoms with Crippen LogP contribution in [0.5, 0.6) is 0 Å². The van der Waals surface area contributed by atoms with E-state index in [1.807, 2.05) is 36.4 Å². The number of pyridine rings is 2. The summed E-state index contributed by atoms with van der Waals surface area (Å²) < 4.78 is 63.3. The van der Waals surface area contributed by atoms with E-state index < -0.39 is 43.0 Å². The lowest BCUT2D eigenvalue weighted by Gasteiger charge is -2.40. The van der Waals surface area contributed by atoms with Gasteiger partial charge in [-0.1, -0.05) is 76.9 Å². The summed E-state index contributed by atoms with van der Waals surface area (Å²) >= 11 is 0. The van der Waals surface area contributed by atoms with Crippen molar-refractivity contribution in [1.82, 2.24) is 19.4 Å². The van der Waals surface area contributed by atoms with Gasteiger partial charge in [-0.2, -0.15) is 0 Å². The maximum Gasteiger partial charge on any atom is 0.212 e. The van der Waals surface area contributed by atoms with E-state index in [1.165, 1.54) is 11.1 Å². The fraction of sp³-hybridized carbons (Fsp3) is 0.550. The predicted octanol–water partition coefficient (Wildman–Crippen LogP) is 6.94. The third-order valence-electron chi connectivity index (χ3n) is 14.4. The summed E-state index contributed by atoms with van der Waals surface area (Å²) in [6, 6.07) is 19.6. The summed E-state index contributed by atoms with van der Waals surface area (Å²) in [4.78, 5) is 10.2.